The Kier molecular flexibility index (Phi) is 5.06. The van der Waals surface area contributed by atoms with Gasteiger partial charge in [-0.2, -0.15) is 0 Å². The molecule has 0 aliphatic carbocycles. The van der Waals surface area contributed by atoms with Gasteiger partial charge in [0, 0.05) is 61.4 Å². The topological polar surface area (TPSA) is 22.6 Å². The molecule has 29 heavy (non-hydrogen) atoms. The van der Waals surface area contributed by atoms with Gasteiger partial charge in [-0.05, 0) is 69.7 Å². The summed E-state index contributed by atoms with van der Waals surface area (Å²) < 4.78 is 13.7. The molecule has 1 aromatic heterocycles. The molecule has 2 aromatic rings. The molecule has 0 bridgehead atoms. The molecular formula is C24H31FN4. The monoisotopic (exact) mass is 394 g/mol. The average Bonchev–Trinajstić information content (AvgIpc) is 3.19. The zero-order valence-corrected chi connectivity index (χ0v) is 17.4. The van der Waals surface area contributed by atoms with E-state index in [1.165, 1.54) is 48.8 Å². The van der Waals surface area contributed by atoms with Crippen LogP contribution in [0.1, 0.15) is 44.6 Å². The van der Waals surface area contributed by atoms with Gasteiger partial charge in [0.1, 0.15) is 11.6 Å². The van der Waals surface area contributed by atoms with Crippen molar-refractivity contribution in [2.24, 2.45) is 0 Å². The fraction of sp³-hybridized carbons (Fsp3) is 0.542. The van der Waals surface area contributed by atoms with Crippen LogP contribution in [0, 0.1) is 5.82 Å². The lowest BCUT2D eigenvalue weighted by molar-refractivity contribution is 0.475. The third-order valence-electron chi connectivity index (χ3n) is 7.01. The van der Waals surface area contributed by atoms with Gasteiger partial charge < -0.3 is 14.7 Å². The molecule has 2 atom stereocenters. The predicted octanol–water partition coefficient (Wildman–Crippen LogP) is 4.63. The molecule has 2 saturated heterocycles. The molecule has 0 amide bonds. The van der Waals surface area contributed by atoms with Crippen LogP contribution in [0.2, 0.25) is 0 Å². The van der Waals surface area contributed by atoms with Crippen LogP contribution in [0.4, 0.5) is 21.6 Å². The van der Waals surface area contributed by atoms with E-state index in [2.05, 4.69) is 27.7 Å². The molecule has 0 saturated carbocycles. The number of pyridine rings is 1. The van der Waals surface area contributed by atoms with Gasteiger partial charge in [0.05, 0.1) is 0 Å². The first-order valence-corrected chi connectivity index (χ1v) is 11.2. The summed E-state index contributed by atoms with van der Waals surface area (Å²) >= 11 is 0. The standard InChI is InChI=1S/C24H31FN4/c1-18-6-2-3-14-28(18)23-10-12-26-24-22(23)11-15-29(24)21-9-5-13-27(17-21)20-8-4-7-19(25)16-20/h4,7-8,10,12,16,18,21H,2-3,5-6,9,11,13-15,17H2,1H3/t18-,21?/m0/s1. The summed E-state index contributed by atoms with van der Waals surface area (Å²) in [5, 5.41) is 0. The number of halogens is 1. The van der Waals surface area contributed by atoms with Crippen LogP contribution >= 0.6 is 0 Å². The van der Waals surface area contributed by atoms with Crippen molar-refractivity contribution in [1.82, 2.24) is 4.98 Å². The summed E-state index contributed by atoms with van der Waals surface area (Å²) in [6, 6.07) is 10.3. The summed E-state index contributed by atoms with van der Waals surface area (Å²) in [4.78, 5) is 12.3. The lowest BCUT2D eigenvalue weighted by Gasteiger charge is -2.40. The van der Waals surface area contributed by atoms with E-state index in [0.29, 0.717) is 12.1 Å². The molecule has 1 aromatic carbocycles. The Morgan fingerprint density at radius 2 is 1.93 bits per heavy atom. The van der Waals surface area contributed by atoms with E-state index in [1.54, 1.807) is 6.07 Å². The van der Waals surface area contributed by atoms with Crippen molar-refractivity contribution in [3.05, 3.63) is 47.9 Å². The molecule has 0 spiro atoms. The van der Waals surface area contributed by atoms with Gasteiger partial charge in [-0.1, -0.05) is 6.07 Å². The zero-order chi connectivity index (χ0) is 19.8. The van der Waals surface area contributed by atoms with Gasteiger partial charge in [0.15, 0.2) is 0 Å². The van der Waals surface area contributed by atoms with Crippen LogP contribution in [-0.2, 0) is 6.42 Å². The van der Waals surface area contributed by atoms with Gasteiger partial charge >= 0.3 is 0 Å². The zero-order valence-electron chi connectivity index (χ0n) is 17.4. The second-order valence-corrected chi connectivity index (χ2v) is 8.84. The maximum Gasteiger partial charge on any atom is 0.134 e. The Labute approximate surface area is 173 Å². The van der Waals surface area contributed by atoms with E-state index in [0.717, 1.165) is 44.7 Å². The van der Waals surface area contributed by atoms with Gasteiger partial charge in [-0.3, -0.25) is 0 Å². The van der Waals surface area contributed by atoms with Crippen molar-refractivity contribution in [1.29, 1.82) is 0 Å². The van der Waals surface area contributed by atoms with E-state index in [4.69, 9.17) is 4.98 Å². The van der Waals surface area contributed by atoms with Crippen molar-refractivity contribution in [2.45, 2.75) is 57.5 Å². The molecule has 5 heteroatoms. The van der Waals surface area contributed by atoms with Crippen molar-refractivity contribution < 1.29 is 4.39 Å². The molecule has 154 valence electrons. The minimum Gasteiger partial charge on any atom is -0.369 e. The molecule has 1 unspecified atom stereocenters. The maximum atomic E-state index is 13.7. The van der Waals surface area contributed by atoms with Gasteiger partial charge in [-0.15, -0.1) is 0 Å². The highest BCUT2D eigenvalue weighted by Gasteiger charge is 2.33. The molecule has 0 N–H and O–H groups in total. The summed E-state index contributed by atoms with van der Waals surface area (Å²) in [6.07, 6.45) is 9.31. The Morgan fingerprint density at radius 3 is 2.79 bits per heavy atom. The van der Waals surface area contributed by atoms with Crippen LogP contribution < -0.4 is 14.7 Å². The fourth-order valence-electron chi connectivity index (χ4n) is 5.49. The molecule has 3 aliphatic heterocycles. The van der Waals surface area contributed by atoms with Crippen LogP contribution in [0.5, 0.6) is 0 Å². The van der Waals surface area contributed by atoms with Crippen molar-refractivity contribution in [2.75, 3.05) is 40.9 Å². The highest BCUT2D eigenvalue weighted by Crippen LogP contribution is 2.38. The van der Waals surface area contributed by atoms with Crippen LogP contribution in [0.3, 0.4) is 0 Å². The average molecular weight is 395 g/mol. The fourth-order valence-corrected chi connectivity index (χ4v) is 5.49. The molecular weight excluding hydrogens is 363 g/mol. The molecule has 2 fully saturated rings. The smallest absolute Gasteiger partial charge is 0.134 e. The highest BCUT2D eigenvalue weighted by molar-refractivity contribution is 5.68. The maximum absolute atomic E-state index is 13.7. The van der Waals surface area contributed by atoms with E-state index in [-0.39, 0.29) is 5.82 Å². The minimum absolute atomic E-state index is 0.155. The van der Waals surface area contributed by atoms with Crippen molar-refractivity contribution in [3.63, 3.8) is 0 Å². The predicted molar refractivity (Wildman–Crippen MR) is 118 cm³/mol. The lowest BCUT2D eigenvalue weighted by Crippen LogP contribution is -2.48. The van der Waals surface area contributed by atoms with Gasteiger partial charge in [0.25, 0.3) is 0 Å². The Balaban J connectivity index is 1.38. The van der Waals surface area contributed by atoms with Crippen LogP contribution in [0.15, 0.2) is 36.5 Å². The Morgan fingerprint density at radius 1 is 1.00 bits per heavy atom. The Hall–Kier alpha value is -2.30. The van der Waals surface area contributed by atoms with Crippen molar-refractivity contribution >= 4 is 17.2 Å². The number of fused-ring (bicyclic) bond motifs is 1. The van der Waals surface area contributed by atoms with Gasteiger partial charge in [-0.25, -0.2) is 9.37 Å². The minimum atomic E-state index is -0.155. The second-order valence-electron chi connectivity index (χ2n) is 8.84. The normalized spacial score (nSPS) is 24.7. The van der Waals surface area contributed by atoms with E-state index in [9.17, 15) is 4.39 Å². The van der Waals surface area contributed by atoms with E-state index < -0.39 is 0 Å². The second kappa shape index (κ2) is 7.85. The number of nitrogens with zero attached hydrogens (tertiary/aromatic N) is 4. The first-order valence-electron chi connectivity index (χ1n) is 11.2. The SMILES string of the molecule is C[C@H]1CCCCN1c1ccnc2c1CCN2C1CCCN(c2cccc(F)c2)C1. The first-order chi connectivity index (χ1) is 14.2. The van der Waals surface area contributed by atoms with E-state index >= 15 is 0 Å². The number of hydrogen-bond acceptors (Lipinski definition) is 4. The van der Waals surface area contributed by atoms with Crippen molar-refractivity contribution in [3.8, 4) is 0 Å². The van der Waals surface area contributed by atoms with Crippen LogP contribution in [0.25, 0.3) is 0 Å². The number of rotatable bonds is 3. The lowest BCUT2D eigenvalue weighted by atomic mass is 10.0. The highest BCUT2D eigenvalue weighted by atomic mass is 19.1. The third kappa shape index (κ3) is 3.56. The molecule has 5 rings (SSSR count). The quantitative estimate of drug-likeness (QED) is 0.757. The number of piperidine rings is 2. The number of benzene rings is 1. The molecule has 3 aliphatic rings. The molecule has 4 nitrogen and oxygen atoms in total. The molecule has 4 heterocycles. The summed E-state index contributed by atoms with van der Waals surface area (Å²) in [5.74, 6) is 1.03. The Bertz CT molecular complexity index is 870. The van der Waals surface area contributed by atoms with Gasteiger partial charge in [0.2, 0.25) is 0 Å². The number of hydrogen-bond donors (Lipinski definition) is 0. The summed E-state index contributed by atoms with van der Waals surface area (Å²) in [5.41, 5.74) is 3.84. The molecule has 0 radical (unpaired) electrons. The van der Waals surface area contributed by atoms with E-state index in [1.807, 2.05) is 18.3 Å². The number of anilines is 3. The first kappa shape index (κ1) is 18.7. The number of aromatic nitrogens is 1. The third-order valence-corrected chi connectivity index (χ3v) is 7.01. The largest absolute Gasteiger partial charge is 0.369 e. The summed E-state index contributed by atoms with van der Waals surface area (Å²) in [7, 11) is 0. The summed E-state index contributed by atoms with van der Waals surface area (Å²) in [6.45, 7) is 6.50. The van der Waals surface area contributed by atoms with Crippen LogP contribution in [-0.4, -0.2) is 43.2 Å².